The Labute approximate surface area is 127 Å². The highest BCUT2D eigenvalue weighted by Crippen LogP contribution is 2.25. The van der Waals surface area contributed by atoms with Crippen LogP contribution in [0.25, 0.3) is 0 Å². The number of thiazole rings is 1. The first-order valence-corrected chi connectivity index (χ1v) is 8.29. The lowest BCUT2D eigenvalue weighted by Gasteiger charge is -2.19. The highest BCUT2D eigenvalue weighted by molar-refractivity contribution is 7.98. The molecule has 2 rings (SSSR count). The number of nitrogens with zero attached hydrogens (tertiary/aromatic N) is 1. The lowest BCUT2D eigenvalue weighted by atomic mass is 10.1. The van der Waals surface area contributed by atoms with E-state index in [0.717, 1.165) is 22.2 Å². The first-order chi connectivity index (χ1) is 9.42. The monoisotopic (exact) mass is 310 g/mol. The average Bonchev–Trinajstić information content (AvgIpc) is 2.81. The normalized spacial score (nSPS) is 11.8. The number of halogens is 1. The van der Waals surface area contributed by atoms with E-state index in [0.29, 0.717) is 0 Å². The Morgan fingerprint density at radius 3 is 2.85 bits per heavy atom. The zero-order chi connectivity index (χ0) is 14.6. The van der Waals surface area contributed by atoms with E-state index in [1.807, 2.05) is 12.3 Å². The highest BCUT2D eigenvalue weighted by atomic mass is 32.2. The maximum Gasteiger partial charge on any atom is 0.124 e. The summed E-state index contributed by atoms with van der Waals surface area (Å²) in [5.41, 5.74) is 0.112. The van der Waals surface area contributed by atoms with Gasteiger partial charge in [0.2, 0.25) is 0 Å². The molecule has 0 atom stereocenters. The third-order valence-corrected chi connectivity index (χ3v) is 4.74. The van der Waals surface area contributed by atoms with Gasteiger partial charge in [-0.2, -0.15) is 0 Å². The number of hydrogen-bond acceptors (Lipinski definition) is 4. The first-order valence-electron chi connectivity index (χ1n) is 6.49. The van der Waals surface area contributed by atoms with Gasteiger partial charge in [0.05, 0.1) is 5.75 Å². The van der Waals surface area contributed by atoms with Crippen molar-refractivity contribution < 1.29 is 4.39 Å². The standard InChI is InChI=1S/C15H19FN2S2/c1-15(2,3)18-9-13-8-17-14(20-13)10-19-12-6-4-5-11(16)7-12/h4-8,18H,9-10H2,1-3H3. The van der Waals surface area contributed by atoms with E-state index in [-0.39, 0.29) is 11.4 Å². The third kappa shape index (κ3) is 5.23. The second-order valence-electron chi connectivity index (χ2n) is 5.57. The molecule has 0 fully saturated rings. The van der Waals surface area contributed by atoms with E-state index in [2.05, 4.69) is 31.1 Å². The van der Waals surface area contributed by atoms with Crippen LogP contribution in [0.5, 0.6) is 0 Å². The first kappa shape index (κ1) is 15.5. The number of aromatic nitrogens is 1. The Kier molecular flexibility index (Phi) is 5.18. The Morgan fingerprint density at radius 2 is 2.15 bits per heavy atom. The number of hydrogen-bond donors (Lipinski definition) is 1. The van der Waals surface area contributed by atoms with Crippen LogP contribution in [0, 0.1) is 5.82 Å². The summed E-state index contributed by atoms with van der Waals surface area (Å²) in [7, 11) is 0. The van der Waals surface area contributed by atoms with Gasteiger partial charge in [-0.25, -0.2) is 9.37 Å². The molecule has 0 aliphatic rings. The van der Waals surface area contributed by atoms with Crippen molar-refractivity contribution in [2.24, 2.45) is 0 Å². The number of thioether (sulfide) groups is 1. The zero-order valence-electron chi connectivity index (χ0n) is 11.9. The van der Waals surface area contributed by atoms with Crippen LogP contribution >= 0.6 is 23.1 Å². The number of rotatable bonds is 5. The van der Waals surface area contributed by atoms with Crippen LogP contribution in [-0.2, 0) is 12.3 Å². The fraction of sp³-hybridized carbons (Fsp3) is 0.400. The van der Waals surface area contributed by atoms with Gasteiger partial charge >= 0.3 is 0 Å². The van der Waals surface area contributed by atoms with Crippen molar-refractivity contribution in [3.63, 3.8) is 0 Å². The average molecular weight is 310 g/mol. The molecule has 0 aliphatic heterocycles. The Hall–Kier alpha value is -0.910. The molecule has 0 radical (unpaired) electrons. The van der Waals surface area contributed by atoms with Crippen LogP contribution in [0.2, 0.25) is 0 Å². The van der Waals surface area contributed by atoms with Crippen molar-refractivity contribution in [3.8, 4) is 0 Å². The topological polar surface area (TPSA) is 24.9 Å². The summed E-state index contributed by atoms with van der Waals surface area (Å²) in [6.45, 7) is 7.28. The fourth-order valence-corrected chi connectivity index (χ4v) is 3.36. The zero-order valence-corrected chi connectivity index (χ0v) is 13.6. The Morgan fingerprint density at radius 1 is 1.35 bits per heavy atom. The Bertz CT molecular complexity index is 561. The molecule has 0 saturated carbocycles. The highest BCUT2D eigenvalue weighted by Gasteiger charge is 2.10. The van der Waals surface area contributed by atoms with E-state index >= 15 is 0 Å². The van der Waals surface area contributed by atoms with E-state index < -0.39 is 0 Å². The summed E-state index contributed by atoms with van der Waals surface area (Å²) in [5, 5.41) is 4.52. The SMILES string of the molecule is CC(C)(C)NCc1cnc(CSc2cccc(F)c2)s1. The molecule has 0 unspecified atom stereocenters. The smallest absolute Gasteiger partial charge is 0.124 e. The summed E-state index contributed by atoms with van der Waals surface area (Å²) in [6, 6.07) is 6.67. The summed E-state index contributed by atoms with van der Waals surface area (Å²) in [5.74, 6) is 0.591. The second-order valence-corrected chi connectivity index (χ2v) is 7.82. The fourth-order valence-electron chi connectivity index (χ4n) is 1.55. The van der Waals surface area contributed by atoms with Crippen molar-refractivity contribution >= 4 is 23.1 Å². The molecule has 0 bridgehead atoms. The minimum absolute atomic E-state index is 0.112. The van der Waals surface area contributed by atoms with Crippen molar-refractivity contribution in [1.82, 2.24) is 10.3 Å². The quantitative estimate of drug-likeness (QED) is 0.825. The number of benzene rings is 1. The van der Waals surface area contributed by atoms with Gasteiger partial charge in [-0.15, -0.1) is 23.1 Å². The Balaban J connectivity index is 1.87. The van der Waals surface area contributed by atoms with Crippen LogP contribution in [-0.4, -0.2) is 10.5 Å². The molecule has 5 heteroatoms. The van der Waals surface area contributed by atoms with Crippen LogP contribution < -0.4 is 5.32 Å². The molecule has 0 spiro atoms. The van der Waals surface area contributed by atoms with Gasteiger partial charge in [0, 0.05) is 28.1 Å². The maximum atomic E-state index is 13.1. The minimum atomic E-state index is -0.191. The molecule has 1 aromatic carbocycles. The van der Waals surface area contributed by atoms with Crippen molar-refractivity contribution in [2.75, 3.05) is 0 Å². The van der Waals surface area contributed by atoms with Gasteiger partial charge in [-0.1, -0.05) is 6.07 Å². The molecule has 20 heavy (non-hydrogen) atoms. The van der Waals surface area contributed by atoms with Crippen molar-refractivity contribution in [3.05, 3.63) is 46.2 Å². The molecule has 0 amide bonds. The summed E-state index contributed by atoms with van der Waals surface area (Å²) >= 11 is 3.32. The van der Waals surface area contributed by atoms with Crippen LogP contribution in [0.3, 0.4) is 0 Å². The van der Waals surface area contributed by atoms with E-state index in [9.17, 15) is 4.39 Å². The van der Waals surface area contributed by atoms with Gasteiger partial charge in [-0.05, 0) is 39.0 Å². The minimum Gasteiger partial charge on any atom is -0.307 e. The molecule has 1 N–H and O–H groups in total. The van der Waals surface area contributed by atoms with Crippen molar-refractivity contribution in [2.45, 2.75) is 43.5 Å². The van der Waals surface area contributed by atoms with Crippen LogP contribution in [0.4, 0.5) is 4.39 Å². The predicted octanol–water partition coefficient (Wildman–Crippen LogP) is 4.46. The predicted molar refractivity (Wildman–Crippen MR) is 84.7 cm³/mol. The van der Waals surface area contributed by atoms with Gasteiger partial charge in [-0.3, -0.25) is 0 Å². The second kappa shape index (κ2) is 6.70. The van der Waals surface area contributed by atoms with E-state index in [4.69, 9.17) is 0 Å². The van der Waals surface area contributed by atoms with Crippen molar-refractivity contribution in [1.29, 1.82) is 0 Å². The molecule has 0 saturated heterocycles. The van der Waals surface area contributed by atoms with E-state index in [1.165, 1.54) is 10.9 Å². The van der Waals surface area contributed by atoms with Gasteiger partial charge in [0.25, 0.3) is 0 Å². The molecule has 108 valence electrons. The molecule has 2 aromatic rings. The van der Waals surface area contributed by atoms with Crippen LogP contribution in [0.15, 0.2) is 35.4 Å². The summed E-state index contributed by atoms with van der Waals surface area (Å²) < 4.78 is 13.1. The largest absolute Gasteiger partial charge is 0.307 e. The lowest BCUT2D eigenvalue weighted by Crippen LogP contribution is -2.34. The van der Waals surface area contributed by atoms with Gasteiger partial charge in [0.15, 0.2) is 0 Å². The maximum absolute atomic E-state index is 13.1. The molecule has 2 nitrogen and oxygen atoms in total. The molecular weight excluding hydrogens is 291 g/mol. The van der Waals surface area contributed by atoms with Crippen LogP contribution in [0.1, 0.15) is 30.7 Å². The molecule has 0 aliphatic carbocycles. The third-order valence-electron chi connectivity index (χ3n) is 2.55. The van der Waals surface area contributed by atoms with E-state index in [1.54, 1.807) is 35.2 Å². The number of nitrogens with one attached hydrogen (secondary N) is 1. The molecule has 1 heterocycles. The molecule has 1 aromatic heterocycles. The van der Waals surface area contributed by atoms with Gasteiger partial charge < -0.3 is 5.32 Å². The lowest BCUT2D eigenvalue weighted by molar-refractivity contribution is 0.426. The summed E-state index contributed by atoms with van der Waals surface area (Å²) in [4.78, 5) is 6.59. The van der Waals surface area contributed by atoms with Gasteiger partial charge in [0.1, 0.15) is 10.8 Å². The molecular formula is C15H19FN2S2. The summed E-state index contributed by atoms with van der Waals surface area (Å²) in [6.07, 6.45) is 1.92.